The first-order valence-electron chi connectivity index (χ1n) is 6.42. The maximum absolute atomic E-state index is 13.2. The van der Waals surface area contributed by atoms with Crippen molar-refractivity contribution in [3.8, 4) is 0 Å². The number of nitrogens with one attached hydrogen (secondary N) is 1. The number of hydrogen-bond donors (Lipinski definition) is 2. The Morgan fingerprint density at radius 1 is 1.29 bits per heavy atom. The Kier molecular flexibility index (Phi) is 6.22. The molecule has 1 aromatic carbocycles. The first-order chi connectivity index (χ1) is 9.61. The molecule has 0 aliphatic rings. The Morgan fingerprint density at radius 3 is 2.19 bits per heavy atom. The van der Waals surface area contributed by atoms with Gasteiger partial charge in [0.25, 0.3) is 0 Å². The highest BCUT2D eigenvalue weighted by molar-refractivity contribution is 9.10. The van der Waals surface area contributed by atoms with E-state index in [4.69, 9.17) is 5.11 Å². The fourth-order valence-electron chi connectivity index (χ4n) is 1.95. The van der Waals surface area contributed by atoms with E-state index in [1.807, 2.05) is 0 Å². The lowest BCUT2D eigenvalue weighted by molar-refractivity contribution is -0.163. The Morgan fingerprint density at radius 2 is 1.81 bits per heavy atom. The third kappa shape index (κ3) is 5.67. The molecule has 0 heterocycles. The maximum atomic E-state index is 13.2. The van der Waals surface area contributed by atoms with E-state index < -0.39 is 24.2 Å². The molecule has 0 aromatic heterocycles. The second-order valence-corrected chi connectivity index (χ2v) is 6.13. The number of carboxylic acids is 1. The van der Waals surface area contributed by atoms with Crippen LogP contribution in [0.3, 0.4) is 0 Å². The van der Waals surface area contributed by atoms with Gasteiger partial charge in [-0.2, -0.15) is 13.2 Å². The van der Waals surface area contributed by atoms with Gasteiger partial charge in [-0.3, -0.25) is 10.1 Å². The lowest BCUT2D eigenvalue weighted by Crippen LogP contribution is -2.45. The maximum Gasteiger partial charge on any atom is 0.407 e. The van der Waals surface area contributed by atoms with Gasteiger partial charge in [0.1, 0.15) is 12.1 Å². The number of alkyl halides is 3. The minimum Gasteiger partial charge on any atom is -0.480 e. The molecule has 0 fully saturated rings. The van der Waals surface area contributed by atoms with Crippen LogP contribution >= 0.6 is 15.9 Å². The summed E-state index contributed by atoms with van der Waals surface area (Å²) in [6, 6.07) is 2.38. The summed E-state index contributed by atoms with van der Waals surface area (Å²) in [4.78, 5) is 11.1. The minimum absolute atomic E-state index is 0.0132. The standard InChI is InChI=1S/C14H17BrF3NO2/c1-8(2)7-11(13(20)21)19-12(14(16,17)18)9-3-5-10(15)6-4-9/h3-6,8,11-12,19H,7H2,1-2H3,(H,20,21)/t11-,12-/m0/s1. The summed E-state index contributed by atoms with van der Waals surface area (Å²) in [5.74, 6) is -1.31. The molecule has 0 spiro atoms. The normalized spacial score (nSPS) is 15.0. The van der Waals surface area contributed by atoms with E-state index in [2.05, 4.69) is 21.2 Å². The molecule has 0 amide bonds. The summed E-state index contributed by atoms with van der Waals surface area (Å²) in [6.45, 7) is 3.53. The van der Waals surface area contributed by atoms with Crippen LogP contribution in [0, 0.1) is 5.92 Å². The highest BCUT2D eigenvalue weighted by atomic mass is 79.9. The van der Waals surface area contributed by atoms with Gasteiger partial charge in [-0.05, 0) is 30.0 Å². The lowest BCUT2D eigenvalue weighted by Gasteiger charge is -2.26. The molecule has 2 N–H and O–H groups in total. The average Bonchev–Trinajstić information content (AvgIpc) is 2.33. The Hall–Kier alpha value is -1.08. The van der Waals surface area contributed by atoms with E-state index in [0.717, 1.165) is 0 Å². The summed E-state index contributed by atoms with van der Waals surface area (Å²) in [5, 5.41) is 11.3. The van der Waals surface area contributed by atoms with E-state index in [0.29, 0.717) is 4.47 Å². The van der Waals surface area contributed by atoms with E-state index in [1.165, 1.54) is 24.3 Å². The molecule has 0 saturated heterocycles. The molecule has 7 heteroatoms. The summed E-state index contributed by atoms with van der Waals surface area (Å²) in [6.07, 6.45) is -4.45. The fourth-order valence-corrected chi connectivity index (χ4v) is 2.21. The minimum atomic E-state index is -4.57. The Bertz CT molecular complexity index is 474. The summed E-state index contributed by atoms with van der Waals surface area (Å²) in [5.41, 5.74) is -0.0132. The van der Waals surface area contributed by atoms with E-state index >= 15 is 0 Å². The zero-order valence-corrected chi connectivity index (χ0v) is 13.2. The van der Waals surface area contributed by atoms with Crippen molar-refractivity contribution in [3.05, 3.63) is 34.3 Å². The van der Waals surface area contributed by atoms with Crippen molar-refractivity contribution in [2.45, 2.75) is 38.5 Å². The third-order valence-corrected chi connectivity index (χ3v) is 3.43. The van der Waals surface area contributed by atoms with E-state index in [-0.39, 0.29) is 17.9 Å². The second-order valence-electron chi connectivity index (χ2n) is 5.21. The summed E-state index contributed by atoms with van der Waals surface area (Å²) in [7, 11) is 0. The van der Waals surface area contributed by atoms with Gasteiger partial charge in [-0.15, -0.1) is 0 Å². The molecule has 21 heavy (non-hydrogen) atoms. The molecule has 0 unspecified atom stereocenters. The predicted octanol–water partition coefficient (Wildman–Crippen LogP) is 4.14. The van der Waals surface area contributed by atoms with E-state index in [9.17, 15) is 18.0 Å². The number of benzene rings is 1. The molecule has 3 nitrogen and oxygen atoms in total. The SMILES string of the molecule is CC(C)C[C@H](N[C@@H](c1ccc(Br)cc1)C(F)(F)F)C(=O)O. The van der Waals surface area contributed by atoms with Crippen LogP contribution in [0.25, 0.3) is 0 Å². The summed E-state index contributed by atoms with van der Waals surface area (Å²) >= 11 is 3.16. The molecule has 1 aromatic rings. The molecule has 1 rings (SSSR count). The van der Waals surface area contributed by atoms with Crippen LogP contribution in [0.4, 0.5) is 13.2 Å². The van der Waals surface area contributed by atoms with Crippen molar-refractivity contribution in [1.29, 1.82) is 0 Å². The van der Waals surface area contributed by atoms with Crippen molar-refractivity contribution >= 4 is 21.9 Å². The Balaban J connectivity index is 3.03. The Labute approximate surface area is 129 Å². The fraction of sp³-hybridized carbons (Fsp3) is 0.500. The highest BCUT2D eigenvalue weighted by Crippen LogP contribution is 2.34. The molecule has 0 aliphatic heterocycles. The van der Waals surface area contributed by atoms with Gasteiger partial charge < -0.3 is 5.11 Å². The van der Waals surface area contributed by atoms with Crippen LogP contribution in [0.5, 0.6) is 0 Å². The number of halogens is 4. The molecule has 0 bridgehead atoms. The van der Waals surface area contributed by atoms with Crippen molar-refractivity contribution in [2.24, 2.45) is 5.92 Å². The van der Waals surface area contributed by atoms with Gasteiger partial charge >= 0.3 is 12.1 Å². The van der Waals surface area contributed by atoms with Gasteiger partial charge in [0.05, 0.1) is 0 Å². The van der Waals surface area contributed by atoms with Crippen molar-refractivity contribution < 1.29 is 23.1 Å². The molecular weight excluding hydrogens is 351 g/mol. The number of hydrogen-bond acceptors (Lipinski definition) is 2. The second kappa shape index (κ2) is 7.26. The molecule has 0 saturated carbocycles. The number of carbonyl (C=O) groups is 1. The predicted molar refractivity (Wildman–Crippen MR) is 77.0 cm³/mol. The third-order valence-electron chi connectivity index (χ3n) is 2.90. The molecule has 0 aliphatic carbocycles. The zero-order chi connectivity index (χ0) is 16.2. The smallest absolute Gasteiger partial charge is 0.407 e. The van der Waals surface area contributed by atoms with E-state index in [1.54, 1.807) is 13.8 Å². The first kappa shape index (κ1) is 18.0. The van der Waals surface area contributed by atoms with Gasteiger partial charge in [0.2, 0.25) is 0 Å². The molecule has 2 atom stereocenters. The quantitative estimate of drug-likeness (QED) is 0.794. The van der Waals surface area contributed by atoms with Crippen molar-refractivity contribution in [3.63, 3.8) is 0 Å². The number of carboxylic acid groups (broad SMARTS) is 1. The van der Waals surface area contributed by atoms with Crippen LogP contribution in [-0.2, 0) is 4.79 Å². The highest BCUT2D eigenvalue weighted by Gasteiger charge is 2.42. The van der Waals surface area contributed by atoms with Gasteiger partial charge in [0, 0.05) is 4.47 Å². The van der Waals surface area contributed by atoms with Crippen molar-refractivity contribution in [2.75, 3.05) is 0 Å². The van der Waals surface area contributed by atoms with Crippen LogP contribution in [-0.4, -0.2) is 23.3 Å². The monoisotopic (exact) mass is 367 g/mol. The number of rotatable bonds is 6. The van der Waals surface area contributed by atoms with Crippen LogP contribution in [0.1, 0.15) is 31.9 Å². The van der Waals surface area contributed by atoms with Crippen LogP contribution in [0.2, 0.25) is 0 Å². The average molecular weight is 368 g/mol. The van der Waals surface area contributed by atoms with Gasteiger partial charge in [-0.25, -0.2) is 0 Å². The molecular formula is C14H17BrF3NO2. The van der Waals surface area contributed by atoms with Crippen LogP contribution in [0.15, 0.2) is 28.7 Å². The van der Waals surface area contributed by atoms with Crippen LogP contribution < -0.4 is 5.32 Å². The molecule has 118 valence electrons. The van der Waals surface area contributed by atoms with Gasteiger partial charge in [-0.1, -0.05) is 41.9 Å². The lowest BCUT2D eigenvalue weighted by atomic mass is 10.0. The summed E-state index contributed by atoms with van der Waals surface area (Å²) < 4.78 is 40.3. The topological polar surface area (TPSA) is 49.3 Å². The largest absolute Gasteiger partial charge is 0.480 e. The zero-order valence-electron chi connectivity index (χ0n) is 11.6. The number of aliphatic carboxylic acids is 1. The molecule has 0 radical (unpaired) electrons. The van der Waals surface area contributed by atoms with Gasteiger partial charge in [0.15, 0.2) is 0 Å². The first-order valence-corrected chi connectivity index (χ1v) is 7.21. The van der Waals surface area contributed by atoms with Crippen molar-refractivity contribution in [1.82, 2.24) is 5.32 Å².